The number of amides is 3. The van der Waals surface area contributed by atoms with Gasteiger partial charge in [0.25, 0.3) is 5.91 Å². The SMILES string of the molecule is CCOc1ccccc1NC(=O)NC1CCCCC1NC(=O)c1csc(COc2ccc(Cl)cc2)n1. The first kappa shape index (κ1) is 25.8. The molecule has 10 heteroatoms. The number of para-hydroxylation sites is 2. The first-order valence-corrected chi connectivity index (χ1v) is 13.2. The number of anilines is 1. The van der Waals surface area contributed by atoms with E-state index in [2.05, 4.69) is 20.9 Å². The molecule has 0 aliphatic heterocycles. The summed E-state index contributed by atoms with van der Waals surface area (Å²) in [6.07, 6.45) is 3.52. The van der Waals surface area contributed by atoms with Crippen LogP contribution in [0, 0.1) is 0 Å². The monoisotopic (exact) mass is 528 g/mol. The molecule has 0 spiro atoms. The number of benzene rings is 2. The molecule has 190 valence electrons. The Morgan fingerprint density at radius 2 is 1.75 bits per heavy atom. The second-order valence-electron chi connectivity index (χ2n) is 8.37. The second-order valence-corrected chi connectivity index (χ2v) is 9.75. The summed E-state index contributed by atoms with van der Waals surface area (Å²) in [6, 6.07) is 13.7. The lowest BCUT2D eigenvalue weighted by atomic mass is 9.90. The second kappa shape index (κ2) is 12.6. The molecule has 1 saturated carbocycles. The molecule has 1 heterocycles. The Kier molecular flexibility index (Phi) is 9.02. The van der Waals surface area contributed by atoms with Crippen LogP contribution < -0.4 is 25.4 Å². The third-order valence-corrected chi connectivity index (χ3v) is 6.87. The summed E-state index contributed by atoms with van der Waals surface area (Å²) in [5.74, 6) is 1.03. The van der Waals surface area contributed by atoms with Crippen LogP contribution in [0.3, 0.4) is 0 Å². The number of aromatic nitrogens is 1. The predicted octanol–water partition coefficient (Wildman–Crippen LogP) is 5.64. The maximum atomic E-state index is 12.9. The molecule has 2 unspecified atom stereocenters. The van der Waals surface area contributed by atoms with Gasteiger partial charge in [-0.15, -0.1) is 11.3 Å². The van der Waals surface area contributed by atoms with Crippen LogP contribution in [0.25, 0.3) is 0 Å². The molecule has 3 amide bonds. The molecule has 0 bridgehead atoms. The highest BCUT2D eigenvalue weighted by Gasteiger charge is 2.29. The van der Waals surface area contributed by atoms with Gasteiger partial charge < -0.3 is 25.4 Å². The summed E-state index contributed by atoms with van der Waals surface area (Å²) in [4.78, 5) is 30.1. The van der Waals surface area contributed by atoms with Gasteiger partial charge in [0.15, 0.2) is 0 Å². The quantitative estimate of drug-likeness (QED) is 0.334. The molecule has 2 atom stereocenters. The lowest BCUT2D eigenvalue weighted by molar-refractivity contribution is 0.0911. The van der Waals surface area contributed by atoms with Crippen LogP contribution in [-0.2, 0) is 6.61 Å². The average molecular weight is 529 g/mol. The number of nitrogens with one attached hydrogen (secondary N) is 3. The van der Waals surface area contributed by atoms with E-state index in [1.807, 2.05) is 25.1 Å². The van der Waals surface area contributed by atoms with Gasteiger partial charge >= 0.3 is 6.03 Å². The van der Waals surface area contributed by atoms with E-state index in [9.17, 15) is 9.59 Å². The molecular formula is C26H29ClN4O4S. The van der Waals surface area contributed by atoms with Crippen LogP contribution in [-0.4, -0.2) is 35.6 Å². The summed E-state index contributed by atoms with van der Waals surface area (Å²) >= 11 is 7.26. The highest BCUT2D eigenvalue weighted by Crippen LogP contribution is 2.24. The Balaban J connectivity index is 1.31. The molecule has 3 N–H and O–H groups in total. The average Bonchev–Trinajstić information content (AvgIpc) is 3.36. The van der Waals surface area contributed by atoms with E-state index in [-0.39, 0.29) is 30.6 Å². The molecule has 36 heavy (non-hydrogen) atoms. The predicted molar refractivity (Wildman–Crippen MR) is 141 cm³/mol. The van der Waals surface area contributed by atoms with Crippen LogP contribution in [0.15, 0.2) is 53.9 Å². The van der Waals surface area contributed by atoms with E-state index in [0.29, 0.717) is 39.5 Å². The highest BCUT2D eigenvalue weighted by atomic mass is 35.5. The Bertz CT molecular complexity index is 1170. The molecule has 0 radical (unpaired) electrons. The summed E-state index contributed by atoms with van der Waals surface area (Å²) in [7, 11) is 0. The maximum absolute atomic E-state index is 12.9. The summed E-state index contributed by atoms with van der Waals surface area (Å²) < 4.78 is 11.3. The fraction of sp³-hybridized carbons (Fsp3) is 0.346. The van der Waals surface area contributed by atoms with Crippen molar-refractivity contribution in [1.82, 2.24) is 15.6 Å². The van der Waals surface area contributed by atoms with Crippen molar-refractivity contribution < 1.29 is 19.1 Å². The van der Waals surface area contributed by atoms with Gasteiger partial charge in [0.1, 0.15) is 28.8 Å². The summed E-state index contributed by atoms with van der Waals surface area (Å²) in [6.45, 7) is 2.66. The fourth-order valence-corrected chi connectivity index (χ4v) is 4.87. The van der Waals surface area contributed by atoms with Crippen LogP contribution in [0.1, 0.15) is 48.1 Å². The van der Waals surface area contributed by atoms with Gasteiger partial charge in [-0.05, 0) is 56.2 Å². The molecular weight excluding hydrogens is 500 g/mol. The zero-order valence-electron chi connectivity index (χ0n) is 20.0. The van der Waals surface area contributed by atoms with Gasteiger partial charge in [0, 0.05) is 16.4 Å². The van der Waals surface area contributed by atoms with Gasteiger partial charge in [0.2, 0.25) is 0 Å². The van der Waals surface area contributed by atoms with Crippen molar-refractivity contribution >= 4 is 40.6 Å². The number of hydrogen-bond acceptors (Lipinski definition) is 6. The van der Waals surface area contributed by atoms with Crippen LogP contribution in [0.5, 0.6) is 11.5 Å². The Morgan fingerprint density at radius 3 is 2.50 bits per heavy atom. The van der Waals surface area contributed by atoms with Crippen molar-refractivity contribution in [2.75, 3.05) is 11.9 Å². The van der Waals surface area contributed by atoms with E-state index in [4.69, 9.17) is 21.1 Å². The van der Waals surface area contributed by atoms with E-state index < -0.39 is 0 Å². The van der Waals surface area contributed by atoms with Crippen LogP contribution >= 0.6 is 22.9 Å². The summed E-state index contributed by atoms with van der Waals surface area (Å²) in [5.41, 5.74) is 0.943. The number of carbonyl (C=O) groups is 2. The number of carbonyl (C=O) groups excluding carboxylic acids is 2. The normalized spacial score (nSPS) is 17.2. The number of halogens is 1. The number of thiazole rings is 1. The zero-order chi connectivity index (χ0) is 25.3. The Hall–Kier alpha value is -3.30. The summed E-state index contributed by atoms with van der Waals surface area (Å²) in [5, 5.41) is 12.0. The van der Waals surface area contributed by atoms with Crippen molar-refractivity contribution in [3.63, 3.8) is 0 Å². The van der Waals surface area contributed by atoms with Crippen LogP contribution in [0.2, 0.25) is 5.02 Å². The van der Waals surface area contributed by atoms with Crippen molar-refractivity contribution in [2.24, 2.45) is 0 Å². The highest BCUT2D eigenvalue weighted by molar-refractivity contribution is 7.09. The van der Waals surface area contributed by atoms with Gasteiger partial charge in [-0.1, -0.05) is 36.6 Å². The first-order valence-electron chi connectivity index (χ1n) is 11.9. The van der Waals surface area contributed by atoms with Crippen molar-refractivity contribution in [2.45, 2.75) is 51.3 Å². The van der Waals surface area contributed by atoms with Crippen molar-refractivity contribution in [3.8, 4) is 11.5 Å². The number of ether oxygens (including phenoxy) is 2. The van der Waals surface area contributed by atoms with E-state index >= 15 is 0 Å². The smallest absolute Gasteiger partial charge is 0.319 e. The molecule has 2 aromatic carbocycles. The minimum absolute atomic E-state index is 0.186. The molecule has 3 aromatic rings. The van der Waals surface area contributed by atoms with E-state index in [0.717, 1.165) is 25.7 Å². The fourth-order valence-electron chi connectivity index (χ4n) is 4.05. The largest absolute Gasteiger partial charge is 0.492 e. The van der Waals surface area contributed by atoms with Gasteiger partial charge in [0.05, 0.1) is 18.3 Å². The molecule has 1 aliphatic carbocycles. The standard InChI is InChI=1S/C26H29ClN4O4S/c1-2-34-23-10-6-5-9-21(23)31-26(33)30-20-8-4-3-7-19(20)29-25(32)22-16-36-24(28-22)15-35-18-13-11-17(27)12-14-18/h5-6,9-14,16,19-20H,2-4,7-8,15H2,1H3,(H,29,32)(H2,30,31,33). The molecule has 4 rings (SSSR count). The van der Waals surface area contributed by atoms with Crippen LogP contribution in [0.4, 0.5) is 10.5 Å². The number of rotatable bonds is 9. The molecule has 8 nitrogen and oxygen atoms in total. The third-order valence-electron chi connectivity index (χ3n) is 5.79. The minimum atomic E-state index is -0.330. The number of hydrogen-bond donors (Lipinski definition) is 3. The van der Waals surface area contributed by atoms with Crippen molar-refractivity contribution in [3.05, 3.63) is 69.6 Å². The lowest BCUT2D eigenvalue weighted by Crippen LogP contribution is -2.54. The Labute approximate surface area is 219 Å². The topological polar surface area (TPSA) is 102 Å². The molecule has 1 fully saturated rings. The van der Waals surface area contributed by atoms with E-state index in [1.54, 1.807) is 35.7 Å². The van der Waals surface area contributed by atoms with Gasteiger partial charge in [-0.3, -0.25) is 4.79 Å². The molecule has 0 saturated heterocycles. The van der Waals surface area contributed by atoms with Gasteiger partial charge in [-0.25, -0.2) is 9.78 Å². The third kappa shape index (κ3) is 7.11. The maximum Gasteiger partial charge on any atom is 0.319 e. The number of nitrogens with zero attached hydrogens (tertiary/aromatic N) is 1. The number of urea groups is 1. The van der Waals surface area contributed by atoms with Crippen molar-refractivity contribution in [1.29, 1.82) is 0 Å². The van der Waals surface area contributed by atoms with E-state index in [1.165, 1.54) is 11.3 Å². The lowest BCUT2D eigenvalue weighted by Gasteiger charge is -2.32. The molecule has 1 aromatic heterocycles. The minimum Gasteiger partial charge on any atom is -0.492 e. The van der Waals surface area contributed by atoms with Gasteiger partial charge in [-0.2, -0.15) is 0 Å². The Morgan fingerprint density at radius 1 is 1.03 bits per heavy atom. The molecule has 1 aliphatic rings. The zero-order valence-corrected chi connectivity index (χ0v) is 21.5. The first-order chi connectivity index (χ1) is 17.5.